The highest BCUT2D eigenvalue weighted by Crippen LogP contribution is 2.30. The highest BCUT2D eigenvalue weighted by Gasteiger charge is 2.33. The first-order valence-electron chi connectivity index (χ1n) is 6.06. The van der Waals surface area contributed by atoms with Crippen molar-refractivity contribution in [3.63, 3.8) is 0 Å². The Bertz CT molecular complexity index is 615. The molecule has 2 rings (SSSR count). The molecule has 2 N–H and O–H groups in total. The second-order valence-electron chi connectivity index (χ2n) is 4.05. The van der Waals surface area contributed by atoms with Gasteiger partial charge in [-0.2, -0.15) is 18.2 Å². The van der Waals surface area contributed by atoms with Crippen molar-refractivity contribution >= 4 is 34.7 Å². The molecule has 0 aliphatic heterocycles. The van der Waals surface area contributed by atoms with Crippen molar-refractivity contribution in [1.82, 2.24) is 9.97 Å². The lowest BCUT2D eigenvalue weighted by atomic mass is 10.3. The van der Waals surface area contributed by atoms with Gasteiger partial charge in [-0.3, -0.25) is 0 Å². The Morgan fingerprint density at radius 2 is 2.00 bits per heavy atom. The second-order valence-corrected chi connectivity index (χ2v) is 5.85. The minimum absolute atomic E-state index is 0.0564. The molecule has 0 aliphatic carbocycles. The topological polar surface area (TPSA) is 49.8 Å². The van der Waals surface area contributed by atoms with Gasteiger partial charge in [0, 0.05) is 17.5 Å². The lowest BCUT2D eigenvalue weighted by molar-refractivity contribution is -0.141. The molecule has 2 aromatic heterocycles. The smallest absolute Gasteiger partial charge is 0.365 e. The Morgan fingerprint density at radius 1 is 1.24 bits per heavy atom. The van der Waals surface area contributed by atoms with E-state index in [-0.39, 0.29) is 11.8 Å². The van der Waals surface area contributed by atoms with E-state index >= 15 is 0 Å². The average Bonchev–Trinajstić information content (AvgIpc) is 2.81. The van der Waals surface area contributed by atoms with E-state index in [1.807, 2.05) is 0 Å². The molecule has 0 amide bonds. The highest BCUT2D eigenvalue weighted by atomic mass is 35.5. The van der Waals surface area contributed by atoms with Crippen LogP contribution in [0.2, 0.25) is 4.34 Å². The van der Waals surface area contributed by atoms with Crippen LogP contribution < -0.4 is 10.6 Å². The van der Waals surface area contributed by atoms with Crippen LogP contribution in [-0.2, 0) is 12.7 Å². The van der Waals surface area contributed by atoms with Crippen LogP contribution in [0.4, 0.5) is 24.9 Å². The number of aromatic nitrogens is 2. The summed E-state index contributed by atoms with van der Waals surface area (Å²) in [6.07, 6.45) is -4.52. The van der Waals surface area contributed by atoms with E-state index in [0.29, 0.717) is 17.4 Å². The van der Waals surface area contributed by atoms with Crippen LogP contribution in [0.15, 0.2) is 18.2 Å². The van der Waals surface area contributed by atoms with E-state index in [1.165, 1.54) is 11.3 Å². The summed E-state index contributed by atoms with van der Waals surface area (Å²) in [5, 5.41) is 5.53. The minimum atomic E-state index is -4.52. The van der Waals surface area contributed by atoms with Crippen molar-refractivity contribution in [3.05, 3.63) is 33.1 Å². The van der Waals surface area contributed by atoms with Crippen molar-refractivity contribution in [2.75, 3.05) is 17.2 Å². The summed E-state index contributed by atoms with van der Waals surface area (Å²) in [7, 11) is 0. The van der Waals surface area contributed by atoms with Gasteiger partial charge in [0.2, 0.25) is 5.95 Å². The average molecular weight is 337 g/mol. The van der Waals surface area contributed by atoms with E-state index in [9.17, 15) is 13.2 Å². The van der Waals surface area contributed by atoms with E-state index in [1.54, 1.807) is 19.1 Å². The fourth-order valence-corrected chi connectivity index (χ4v) is 2.57. The zero-order chi connectivity index (χ0) is 15.5. The Balaban J connectivity index is 2.19. The molecule has 0 aliphatic rings. The largest absolute Gasteiger partial charge is 0.433 e. The number of hydrogen-bond acceptors (Lipinski definition) is 5. The number of halogens is 4. The Hall–Kier alpha value is -1.54. The molecular formula is C12H12ClF3N4S. The van der Waals surface area contributed by atoms with E-state index < -0.39 is 11.9 Å². The van der Waals surface area contributed by atoms with Crippen LogP contribution in [0.1, 0.15) is 17.5 Å². The number of thiophene rings is 1. The van der Waals surface area contributed by atoms with E-state index in [0.717, 1.165) is 10.9 Å². The van der Waals surface area contributed by atoms with Gasteiger partial charge in [-0.15, -0.1) is 11.3 Å². The molecule has 0 spiro atoms. The fraction of sp³-hybridized carbons (Fsp3) is 0.333. The summed E-state index contributed by atoms with van der Waals surface area (Å²) in [6.45, 7) is 2.53. The van der Waals surface area contributed by atoms with Crippen LogP contribution in [0, 0.1) is 0 Å². The molecule has 0 fully saturated rings. The summed E-state index contributed by atoms with van der Waals surface area (Å²) in [6, 6.07) is 4.42. The van der Waals surface area contributed by atoms with Crippen LogP contribution in [0.25, 0.3) is 0 Å². The maximum absolute atomic E-state index is 12.8. The van der Waals surface area contributed by atoms with Gasteiger partial charge in [0.05, 0.1) is 10.9 Å². The molecule has 21 heavy (non-hydrogen) atoms. The van der Waals surface area contributed by atoms with Gasteiger partial charge in [0.15, 0.2) is 5.69 Å². The predicted octanol–water partition coefficient (Wildman–Crippen LogP) is 4.25. The molecule has 0 unspecified atom stereocenters. The fourth-order valence-electron chi connectivity index (χ4n) is 1.54. The van der Waals surface area contributed by atoms with Crippen molar-refractivity contribution < 1.29 is 13.2 Å². The van der Waals surface area contributed by atoms with Crippen LogP contribution in [0.3, 0.4) is 0 Å². The maximum Gasteiger partial charge on any atom is 0.433 e. The molecule has 114 valence electrons. The normalized spacial score (nSPS) is 11.5. The number of rotatable bonds is 5. The number of anilines is 2. The predicted molar refractivity (Wildman–Crippen MR) is 77.9 cm³/mol. The zero-order valence-corrected chi connectivity index (χ0v) is 12.5. The molecule has 2 heterocycles. The van der Waals surface area contributed by atoms with Crippen LogP contribution in [-0.4, -0.2) is 16.5 Å². The molecule has 4 nitrogen and oxygen atoms in total. The molecule has 0 saturated carbocycles. The summed E-state index contributed by atoms with van der Waals surface area (Å²) in [5.74, 6) is 0.0526. The summed E-state index contributed by atoms with van der Waals surface area (Å²) in [5.41, 5.74) is -0.986. The van der Waals surface area contributed by atoms with E-state index in [2.05, 4.69) is 20.6 Å². The Labute approximate surface area is 128 Å². The minimum Gasteiger partial charge on any atom is -0.365 e. The summed E-state index contributed by atoms with van der Waals surface area (Å²) >= 11 is 7.15. The molecule has 0 bridgehead atoms. The van der Waals surface area contributed by atoms with Gasteiger partial charge >= 0.3 is 6.18 Å². The van der Waals surface area contributed by atoms with E-state index in [4.69, 9.17) is 11.6 Å². The maximum atomic E-state index is 12.8. The molecular weight excluding hydrogens is 325 g/mol. The van der Waals surface area contributed by atoms with Crippen molar-refractivity contribution in [1.29, 1.82) is 0 Å². The lowest BCUT2D eigenvalue weighted by Crippen LogP contribution is -2.14. The third kappa shape index (κ3) is 4.47. The first-order chi connectivity index (χ1) is 9.88. The zero-order valence-electron chi connectivity index (χ0n) is 11.0. The monoisotopic (exact) mass is 336 g/mol. The van der Waals surface area contributed by atoms with Gasteiger partial charge in [-0.1, -0.05) is 11.6 Å². The highest BCUT2D eigenvalue weighted by molar-refractivity contribution is 7.16. The number of nitrogens with one attached hydrogen (secondary N) is 2. The molecule has 9 heteroatoms. The van der Waals surface area contributed by atoms with Gasteiger partial charge in [-0.05, 0) is 19.1 Å². The Kier molecular flexibility index (Phi) is 4.89. The SMILES string of the molecule is CCNc1nc(NCc2ccc(Cl)s2)cc(C(F)(F)F)n1. The quantitative estimate of drug-likeness (QED) is 0.856. The summed E-state index contributed by atoms with van der Waals surface area (Å²) < 4.78 is 39.0. The third-order valence-electron chi connectivity index (χ3n) is 2.42. The summed E-state index contributed by atoms with van der Waals surface area (Å²) in [4.78, 5) is 8.34. The van der Waals surface area contributed by atoms with Crippen molar-refractivity contribution in [2.45, 2.75) is 19.6 Å². The number of alkyl halides is 3. The standard InChI is InChI=1S/C12H12ClF3N4S/c1-2-17-11-19-8(12(14,15)16)5-10(20-11)18-6-7-3-4-9(13)21-7/h3-5H,2,6H2,1H3,(H2,17,18,19,20). The number of hydrogen-bond donors (Lipinski definition) is 2. The second kappa shape index (κ2) is 6.48. The molecule has 0 atom stereocenters. The molecule has 0 aromatic carbocycles. The first kappa shape index (κ1) is 15.8. The van der Waals surface area contributed by atoms with Crippen LogP contribution in [0.5, 0.6) is 0 Å². The lowest BCUT2D eigenvalue weighted by Gasteiger charge is -2.11. The van der Waals surface area contributed by atoms with Gasteiger partial charge < -0.3 is 10.6 Å². The first-order valence-corrected chi connectivity index (χ1v) is 7.26. The molecule has 0 radical (unpaired) electrons. The van der Waals surface area contributed by atoms with Gasteiger partial charge in [0.25, 0.3) is 0 Å². The third-order valence-corrected chi connectivity index (χ3v) is 3.66. The van der Waals surface area contributed by atoms with Crippen LogP contribution >= 0.6 is 22.9 Å². The van der Waals surface area contributed by atoms with Gasteiger partial charge in [0.1, 0.15) is 5.82 Å². The van der Waals surface area contributed by atoms with Gasteiger partial charge in [-0.25, -0.2) is 4.98 Å². The Morgan fingerprint density at radius 3 is 2.57 bits per heavy atom. The molecule has 0 saturated heterocycles. The van der Waals surface area contributed by atoms with Crippen molar-refractivity contribution in [2.24, 2.45) is 0 Å². The molecule has 2 aromatic rings. The number of nitrogens with zero attached hydrogens (tertiary/aromatic N) is 2. The van der Waals surface area contributed by atoms with Crippen molar-refractivity contribution in [3.8, 4) is 0 Å².